The van der Waals surface area contributed by atoms with Crippen LogP contribution in [0.3, 0.4) is 0 Å². The Morgan fingerprint density at radius 1 is 1.69 bits per heavy atom. The van der Waals surface area contributed by atoms with E-state index >= 15 is 0 Å². The number of carboxylic acids is 1. The first-order chi connectivity index (χ1) is 5.93. The van der Waals surface area contributed by atoms with Crippen molar-refractivity contribution >= 4 is 16.0 Å². The molecule has 2 N–H and O–H groups in total. The SMILES string of the molecule is C=CCC(NS(=O)(=O)CC)C(=O)O. The lowest BCUT2D eigenvalue weighted by atomic mass is 10.2. The molecule has 0 fully saturated rings. The Labute approximate surface area is 77.5 Å². The molecule has 0 aromatic carbocycles. The van der Waals surface area contributed by atoms with E-state index in [0.29, 0.717) is 0 Å². The molecule has 0 radical (unpaired) electrons. The topological polar surface area (TPSA) is 83.5 Å². The molecule has 0 spiro atoms. The summed E-state index contributed by atoms with van der Waals surface area (Å²) in [6, 6.07) is -1.11. The summed E-state index contributed by atoms with van der Waals surface area (Å²) in [7, 11) is -3.46. The molecule has 5 nitrogen and oxygen atoms in total. The summed E-state index contributed by atoms with van der Waals surface area (Å²) >= 11 is 0. The molecule has 0 aromatic rings. The van der Waals surface area contributed by atoms with Gasteiger partial charge in [0.2, 0.25) is 10.0 Å². The second-order valence-electron chi connectivity index (χ2n) is 2.44. The van der Waals surface area contributed by atoms with Gasteiger partial charge in [0.05, 0.1) is 5.75 Å². The highest BCUT2D eigenvalue weighted by Gasteiger charge is 2.20. The Balaban J connectivity index is 4.43. The molecule has 0 saturated carbocycles. The molecule has 0 amide bonds. The van der Waals surface area contributed by atoms with E-state index in [4.69, 9.17) is 5.11 Å². The van der Waals surface area contributed by atoms with Crippen LogP contribution in [0.1, 0.15) is 13.3 Å². The molecule has 1 atom stereocenters. The predicted octanol–water partition coefficient (Wildman–Crippen LogP) is -0.0450. The molecule has 76 valence electrons. The van der Waals surface area contributed by atoms with Gasteiger partial charge in [-0.2, -0.15) is 0 Å². The van der Waals surface area contributed by atoms with Crippen LogP contribution in [0.15, 0.2) is 12.7 Å². The van der Waals surface area contributed by atoms with E-state index < -0.39 is 22.0 Å². The maximum atomic E-state index is 11.0. The third-order valence-electron chi connectivity index (χ3n) is 1.40. The summed E-state index contributed by atoms with van der Waals surface area (Å²) < 4.78 is 24.0. The van der Waals surface area contributed by atoms with Gasteiger partial charge in [-0.3, -0.25) is 4.79 Å². The summed E-state index contributed by atoms with van der Waals surface area (Å²) in [6.45, 7) is 4.78. The third kappa shape index (κ3) is 4.64. The predicted molar refractivity (Wildman–Crippen MR) is 48.8 cm³/mol. The Morgan fingerprint density at radius 2 is 2.23 bits per heavy atom. The van der Waals surface area contributed by atoms with Gasteiger partial charge in [0.25, 0.3) is 0 Å². The van der Waals surface area contributed by atoms with Crippen molar-refractivity contribution in [1.82, 2.24) is 4.72 Å². The molecule has 0 aromatic heterocycles. The molecule has 0 aliphatic rings. The van der Waals surface area contributed by atoms with Crippen molar-refractivity contribution in [3.8, 4) is 0 Å². The van der Waals surface area contributed by atoms with Gasteiger partial charge in [0.1, 0.15) is 6.04 Å². The average Bonchev–Trinajstić information content (AvgIpc) is 2.03. The van der Waals surface area contributed by atoms with Crippen LogP contribution in [0.4, 0.5) is 0 Å². The second kappa shape index (κ2) is 4.98. The Morgan fingerprint density at radius 3 is 2.54 bits per heavy atom. The fourth-order valence-corrected chi connectivity index (χ4v) is 1.46. The van der Waals surface area contributed by atoms with Gasteiger partial charge in [-0.05, 0) is 13.3 Å². The average molecular weight is 207 g/mol. The molecule has 0 heterocycles. The van der Waals surface area contributed by atoms with Crippen LogP contribution in [0.5, 0.6) is 0 Å². The first kappa shape index (κ1) is 12.1. The smallest absolute Gasteiger partial charge is 0.322 e. The van der Waals surface area contributed by atoms with Gasteiger partial charge in [-0.25, -0.2) is 13.1 Å². The van der Waals surface area contributed by atoms with E-state index in [-0.39, 0.29) is 12.2 Å². The first-order valence-corrected chi connectivity index (χ1v) is 5.42. The summed E-state index contributed by atoms with van der Waals surface area (Å²) in [5, 5.41) is 8.59. The normalized spacial score (nSPS) is 13.6. The van der Waals surface area contributed by atoms with Crippen LogP contribution in [0.25, 0.3) is 0 Å². The Hall–Kier alpha value is -0.880. The second-order valence-corrected chi connectivity index (χ2v) is 4.48. The summed E-state index contributed by atoms with van der Waals surface area (Å²) in [6.07, 6.45) is 1.44. The molecular weight excluding hydrogens is 194 g/mol. The summed E-state index contributed by atoms with van der Waals surface area (Å²) in [4.78, 5) is 10.5. The van der Waals surface area contributed by atoms with Gasteiger partial charge in [0, 0.05) is 0 Å². The van der Waals surface area contributed by atoms with Crippen molar-refractivity contribution in [2.24, 2.45) is 0 Å². The highest BCUT2D eigenvalue weighted by Crippen LogP contribution is 1.96. The van der Waals surface area contributed by atoms with Crippen LogP contribution in [0, 0.1) is 0 Å². The van der Waals surface area contributed by atoms with Crippen molar-refractivity contribution in [1.29, 1.82) is 0 Å². The molecule has 6 heteroatoms. The van der Waals surface area contributed by atoms with Crippen LogP contribution < -0.4 is 4.72 Å². The number of carbonyl (C=O) groups is 1. The standard InChI is InChI=1S/C7H13NO4S/c1-3-5-6(7(9)10)8-13(11,12)4-2/h3,6,8H,1,4-5H2,2H3,(H,9,10). The number of hydrogen-bond acceptors (Lipinski definition) is 3. The minimum Gasteiger partial charge on any atom is -0.480 e. The van der Waals surface area contributed by atoms with Gasteiger partial charge in [-0.1, -0.05) is 6.08 Å². The van der Waals surface area contributed by atoms with Crippen molar-refractivity contribution in [3.05, 3.63) is 12.7 Å². The lowest BCUT2D eigenvalue weighted by Crippen LogP contribution is -2.41. The first-order valence-electron chi connectivity index (χ1n) is 3.76. The van der Waals surface area contributed by atoms with Crippen molar-refractivity contribution in [2.75, 3.05) is 5.75 Å². The summed E-state index contributed by atoms with van der Waals surface area (Å²) in [5.41, 5.74) is 0. The van der Waals surface area contributed by atoms with Gasteiger partial charge in [0.15, 0.2) is 0 Å². The van der Waals surface area contributed by atoms with Crippen molar-refractivity contribution < 1.29 is 18.3 Å². The maximum Gasteiger partial charge on any atom is 0.322 e. The number of sulfonamides is 1. The molecule has 0 bridgehead atoms. The molecular formula is C7H13NO4S. The van der Waals surface area contributed by atoms with Gasteiger partial charge < -0.3 is 5.11 Å². The largest absolute Gasteiger partial charge is 0.480 e. The number of rotatable bonds is 6. The fourth-order valence-electron chi connectivity index (χ4n) is 0.666. The van der Waals surface area contributed by atoms with E-state index in [2.05, 4.69) is 6.58 Å². The van der Waals surface area contributed by atoms with Crippen molar-refractivity contribution in [3.63, 3.8) is 0 Å². The fraction of sp³-hybridized carbons (Fsp3) is 0.571. The zero-order valence-electron chi connectivity index (χ0n) is 7.36. The van der Waals surface area contributed by atoms with Crippen LogP contribution in [-0.4, -0.2) is 31.3 Å². The highest BCUT2D eigenvalue weighted by molar-refractivity contribution is 7.89. The van der Waals surface area contributed by atoms with E-state index in [1.165, 1.54) is 13.0 Å². The van der Waals surface area contributed by atoms with Crippen LogP contribution in [0.2, 0.25) is 0 Å². The number of nitrogens with one attached hydrogen (secondary N) is 1. The third-order valence-corrected chi connectivity index (χ3v) is 2.81. The zero-order valence-corrected chi connectivity index (χ0v) is 8.17. The monoisotopic (exact) mass is 207 g/mol. The minimum atomic E-state index is -3.46. The molecule has 0 aliphatic heterocycles. The van der Waals surface area contributed by atoms with E-state index in [0.717, 1.165) is 0 Å². The van der Waals surface area contributed by atoms with Crippen molar-refractivity contribution in [2.45, 2.75) is 19.4 Å². The molecule has 1 unspecified atom stereocenters. The van der Waals surface area contributed by atoms with E-state index in [1.807, 2.05) is 4.72 Å². The van der Waals surface area contributed by atoms with E-state index in [9.17, 15) is 13.2 Å². The van der Waals surface area contributed by atoms with Gasteiger partial charge >= 0.3 is 5.97 Å². The maximum absolute atomic E-state index is 11.0. The highest BCUT2D eigenvalue weighted by atomic mass is 32.2. The number of hydrogen-bond donors (Lipinski definition) is 2. The Kier molecular flexibility index (Phi) is 4.64. The zero-order chi connectivity index (χ0) is 10.5. The summed E-state index contributed by atoms with van der Waals surface area (Å²) in [5.74, 6) is -1.33. The molecule has 0 aliphatic carbocycles. The quantitative estimate of drug-likeness (QED) is 0.598. The molecule has 13 heavy (non-hydrogen) atoms. The molecule has 0 saturated heterocycles. The van der Waals surface area contributed by atoms with Crippen LogP contribution >= 0.6 is 0 Å². The lowest BCUT2D eigenvalue weighted by molar-refractivity contribution is -0.138. The molecule has 0 rings (SSSR count). The van der Waals surface area contributed by atoms with Crippen LogP contribution in [-0.2, 0) is 14.8 Å². The number of aliphatic carboxylic acids is 1. The van der Waals surface area contributed by atoms with E-state index in [1.54, 1.807) is 0 Å². The number of carboxylic acid groups (broad SMARTS) is 1. The minimum absolute atomic E-state index is 0.0779. The Bertz CT molecular complexity index is 283. The van der Waals surface area contributed by atoms with Gasteiger partial charge in [-0.15, -0.1) is 6.58 Å². The lowest BCUT2D eigenvalue weighted by Gasteiger charge is -2.11.